The van der Waals surface area contributed by atoms with Crippen molar-refractivity contribution in [2.45, 2.75) is 18.9 Å². The summed E-state index contributed by atoms with van der Waals surface area (Å²) in [6, 6.07) is 4.42. The summed E-state index contributed by atoms with van der Waals surface area (Å²) in [4.78, 5) is 0. The van der Waals surface area contributed by atoms with Crippen molar-refractivity contribution in [3.05, 3.63) is 29.6 Å². The van der Waals surface area contributed by atoms with Gasteiger partial charge in [0.15, 0.2) is 0 Å². The van der Waals surface area contributed by atoms with Gasteiger partial charge in [-0.15, -0.1) is 12.4 Å². The average molecular weight is 276 g/mol. The highest BCUT2D eigenvalue weighted by Crippen LogP contribution is 2.31. The van der Waals surface area contributed by atoms with Gasteiger partial charge in [-0.3, -0.25) is 0 Å². The van der Waals surface area contributed by atoms with Gasteiger partial charge in [-0.2, -0.15) is 0 Å². The third kappa shape index (κ3) is 3.34. The summed E-state index contributed by atoms with van der Waals surface area (Å²) < 4.78 is 24.1. The van der Waals surface area contributed by atoms with Crippen molar-refractivity contribution < 1.29 is 13.9 Å². The molecule has 18 heavy (non-hydrogen) atoms. The van der Waals surface area contributed by atoms with Crippen LogP contribution in [0.2, 0.25) is 0 Å². The Hall–Kier alpha value is -0.840. The van der Waals surface area contributed by atoms with Crippen molar-refractivity contribution in [3.63, 3.8) is 0 Å². The maximum Gasteiger partial charge on any atom is 0.128 e. The van der Waals surface area contributed by atoms with Crippen LogP contribution < -0.4 is 10.5 Å². The van der Waals surface area contributed by atoms with Gasteiger partial charge in [0.05, 0.1) is 7.11 Å². The molecule has 1 aromatic carbocycles. The van der Waals surface area contributed by atoms with Gasteiger partial charge >= 0.3 is 0 Å². The number of rotatable bonds is 3. The predicted octanol–water partition coefficient (Wildman–Crippen LogP) is 2.68. The van der Waals surface area contributed by atoms with Gasteiger partial charge in [-0.25, -0.2) is 4.39 Å². The van der Waals surface area contributed by atoms with E-state index in [1.807, 2.05) is 0 Å². The van der Waals surface area contributed by atoms with Gasteiger partial charge < -0.3 is 15.2 Å². The molecule has 1 aromatic rings. The molecule has 0 amide bonds. The second-order valence-electron chi connectivity index (χ2n) is 4.36. The maximum atomic E-state index is 13.7. The summed E-state index contributed by atoms with van der Waals surface area (Å²) in [5, 5.41) is 0. The van der Waals surface area contributed by atoms with Crippen LogP contribution in [0.25, 0.3) is 0 Å². The largest absolute Gasteiger partial charge is 0.497 e. The normalized spacial score (nSPS) is 17.9. The monoisotopic (exact) mass is 275 g/mol. The zero-order valence-corrected chi connectivity index (χ0v) is 11.2. The van der Waals surface area contributed by atoms with Crippen LogP contribution in [0.3, 0.4) is 0 Å². The Morgan fingerprint density at radius 2 is 2.06 bits per heavy atom. The second-order valence-corrected chi connectivity index (χ2v) is 4.36. The molecule has 102 valence electrons. The highest BCUT2D eigenvalue weighted by atomic mass is 35.5. The molecule has 5 heteroatoms. The van der Waals surface area contributed by atoms with Crippen molar-refractivity contribution >= 4 is 12.4 Å². The molecule has 1 atom stereocenters. The van der Waals surface area contributed by atoms with E-state index >= 15 is 0 Å². The van der Waals surface area contributed by atoms with Crippen molar-refractivity contribution in [3.8, 4) is 5.75 Å². The lowest BCUT2D eigenvalue weighted by atomic mass is 9.87. The van der Waals surface area contributed by atoms with E-state index in [-0.39, 0.29) is 30.2 Å². The van der Waals surface area contributed by atoms with Crippen LogP contribution in [0.4, 0.5) is 4.39 Å². The van der Waals surface area contributed by atoms with E-state index in [4.69, 9.17) is 15.2 Å². The number of hydrogen-bond acceptors (Lipinski definition) is 3. The van der Waals surface area contributed by atoms with E-state index in [0.717, 1.165) is 12.8 Å². The molecule has 1 saturated heterocycles. The Morgan fingerprint density at radius 1 is 1.39 bits per heavy atom. The number of ether oxygens (including phenoxy) is 2. The summed E-state index contributed by atoms with van der Waals surface area (Å²) in [6.07, 6.45) is 1.77. The maximum absolute atomic E-state index is 13.7. The molecule has 1 aliphatic rings. The SMILES string of the molecule is COc1ccc(F)c([C@H](N)C2CCOCC2)c1.Cl. The zero-order valence-electron chi connectivity index (χ0n) is 10.4. The van der Waals surface area contributed by atoms with Gasteiger partial charge in [0.2, 0.25) is 0 Å². The van der Waals surface area contributed by atoms with Gasteiger partial charge in [0, 0.05) is 24.8 Å². The minimum absolute atomic E-state index is 0. The van der Waals surface area contributed by atoms with E-state index in [1.54, 1.807) is 19.2 Å². The molecule has 0 unspecified atom stereocenters. The molecule has 1 heterocycles. The standard InChI is InChI=1S/C13H18FNO2.ClH/c1-16-10-2-3-12(14)11(8-10)13(15)9-4-6-17-7-5-9;/h2-3,8-9,13H,4-7,15H2,1H3;1H/t13-;/m1./s1. The summed E-state index contributed by atoms with van der Waals surface area (Å²) in [7, 11) is 1.57. The van der Waals surface area contributed by atoms with Crippen LogP contribution in [0.15, 0.2) is 18.2 Å². The minimum Gasteiger partial charge on any atom is -0.497 e. The fraction of sp³-hybridized carbons (Fsp3) is 0.538. The van der Waals surface area contributed by atoms with Crippen LogP contribution in [-0.4, -0.2) is 20.3 Å². The third-order valence-electron chi connectivity index (χ3n) is 3.34. The quantitative estimate of drug-likeness (QED) is 0.922. The molecular formula is C13H19ClFNO2. The molecule has 2 N–H and O–H groups in total. The Kier molecular flexibility index (Phi) is 5.85. The summed E-state index contributed by atoms with van der Waals surface area (Å²) >= 11 is 0. The summed E-state index contributed by atoms with van der Waals surface area (Å²) in [5.74, 6) is 0.666. The van der Waals surface area contributed by atoms with Crippen LogP contribution in [0, 0.1) is 11.7 Å². The van der Waals surface area contributed by atoms with Gasteiger partial charge in [0.25, 0.3) is 0 Å². The van der Waals surface area contributed by atoms with Gasteiger partial charge in [-0.05, 0) is 37.0 Å². The van der Waals surface area contributed by atoms with Crippen molar-refractivity contribution in [2.75, 3.05) is 20.3 Å². The lowest BCUT2D eigenvalue weighted by Gasteiger charge is -2.28. The Morgan fingerprint density at radius 3 is 2.67 bits per heavy atom. The molecule has 1 fully saturated rings. The van der Waals surface area contributed by atoms with Crippen molar-refractivity contribution in [1.82, 2.24) is 0 Å². The van der Waals surface area contributed by atoms with E-state index in [9.17, 15) is 4.39 Å². The fourth-order valence-electron chi connectivity index (χ4n) is 2.23. The number of benzene rings is 1. The van der Waals surface area contributed by atoms with Crippen LogP contribution in [0.5, 0.6) is 5.75 Å². The van der Waals surface area contributed by atoms with Crippen LogP contribution in [0.1, 0.15) is 24.4 Å². The molecule has 3 nitrogen and oxygen atoms in total. The topological polar surface area (TPSA) is 44.5 Å². The highest BCUT2D eigenvalue weighted by molar-refractivity contribution is 5.85. The van der Waals surface area contributed by atoms with Crippen molar-refractivity contribution in [1.29, 1.82) is 0 Å². The number of halogens is 2. The predicted molar refractivity (Wildman–Crippen MR) is 70.7 cm³/mol. The molecule has 1 aliphatic heterocycles. The molecule has 0 bridgehead atoms. The second kappa shape index (κ2) is 6.92. The van der Waals surface area contributed by atoms with Crippen LogP contribution in [-0.2, 0) is 4.74 Å². The third-order valence-corrected chi connectivity index (χ3v) is 3.34. The molecule has 0 aromatic heterocycles. The minimum atomic E-state index is -0.283. The first kappa shape index (κ1) is 15.2. The smallest absolute Gasteiger partial charge is 0.128 e. The lowest BCUT2D eigenvalue weighted by molar-refractivity contribution is 0.0580. The first-order valence-electron chi connectivity index (χ1n) is 5.89. The number of hydrogen-bond donors (Lipinski definition) is 1. The molecule has 2 rings (SSSR count). The van der Waals surface area contributed by atoms with Gasteiger partial charge in [-0.1, -0.05) is 0 Å². The van der Waals surface area contributed by atoms with Crippen LogP contribution >= 0.6 is 12.4 Å². The Bertz CT molecular complexity index is 383. The summed E-state index contributed by atoms with van der Waals surface area (Å²) in [5.41, 5.74) is 6.68. The van der Waals surface area contributed by atoms with Gasteiger partial charge in [0.1, 0.15) is 11.6 Å². The van der Waals surface area contributed by atoms with E-state index in [2.05, 4.69) is 0 Å². The highest BCUT2D eigenvalue weighted by Gasteiger charge is 2.24. The average Bonchev–Trinajstić information content (AvgIpc) is 2.39. The summed E-state index contributed by atoms with van der Waals surface area (Å²) in [6.45, 7) is 1.42. The number of nitrogens with two attached hydrogens (primary N) is 1. The Balaban J connectivity index is 0.00000162. The zero-order chi connectivity index (χ0) is 12.3. The molecular weight excluding hydrogens is 257 g/mol. The molecule has 0 aliphatic carbocycles. The first-order valence-corrected chi connectivity index (χ1v) is 5.89. The van der Waals surface area contributed by atoms with E-state index < -0.39 is 0 Å². The van der Waals surface area contributed by atoms with Crippen molar-refractivity contribution in [2.24, 2.45) is 11.7 Å². The van der Waals surface area contributed by atoms with E-state index in [1.165, 1.54) is 6.07 Å². The van der Waals surface area contributed by atoms with E-state index in [0.29, 0.717) is 24.5 Å². The molecule has 0 saturated carbocycles. The fourth-order valence-corrected chi connectivity index (χ4v) is 2.23. The first-order chi connectivity index (χ1) is 8.22. The Labute approximate surface area is 113 Å². The number of methoxy groups -OCH3 is 1. The lowest BCUT2D eigenvalue weighted by Crippen LogP contribution is -2.28. The molecule has 0 radical (unpaired) electrons. The molecule has 0 spiro atoms.